The number of aliphatic hydroxyl groups excluding tert-OH is 9. The van der Waals surface area contributed by atoms with E-state index in [4.69, 9.17) is 9.47 Å². The van der Waals surface area contributed by atoms with Crippen molar-refractivity contribution in [2.24, 2.45) is 0 Å². The molecule has 0 spiro atoms. The van der Waals surface area contributed by atoms with E-state index >= 15 is 0 Å². The lowest BCUT2D eigenvalue weighted by Crippen LogP contribution is -2.68. The van der Waals surface area contributed by atoms with E-state index in [2.05, 4.69) is 0 Å². The van der Waals surface area contributed by atoms with Crippen molar-refractivity contribution < 1.29 is 75.2 Å². The Labute approximate surface area is 237 Å². The van der Waals surface area contributed by atoms with E-state index in [1.807, 2.05) is 0 Å². The molecule has 15 heteroatoms. The molecule has 11 atom stereocenters. The summed E-state index contributed by atoms with van der Waals surface area (Å²) < 4.78 is 10.8. The molecule has 0 radical (unpaired) electrons. The lowest BCUT2D eigenvalue weighted by Gasteiger charge is -2.47. The van der Waals surface area contributed by atoms with E-state index in [1.54, 1.807) is 0 Å². The van der Waals surface area contributed by atoms with Gasteiger partial charge in [-0.2, -0.15) is 0 Å². The van der Waals surface area contributed by atoms with Gasteiger partial charge in [0.15, 0.2) is 11.4 Å². The molecule has 2 aliphatic heterocycles. The highest BCUT2D eigenvalue weighted by Gasteiger charge is 2.59. The lowest BCUT2D eigenvalue weighted by atomic mass is 9.73. The van der Waals surface area contributed by atoms with E-state index in [-0.39, 0.29) is 5.75 Å². The quantitative estimate of drug-likeness (QED) is 0.105. The van der Waals surface area contributed by atoms with E-state index in [9.17, 15) is 65.8 Å². The minimum atomic E-state index is -3.12. The van der Waals surface area contributed by atoms with E-state index in [1.165, 1.54) is 30.3 Å². The molecular weight excluding hydrogens is 564 g/mol. The van der Waals surface area contributed by atoms with Crippen molar-refractivity contribution in [1.82, 2.24) is 0 Å². The third-order valence-electron chi connectivity index (χ3n) is 7.57. The first-order chi connectivity index (χ1) is 19.8. The second kappa shape index (κ2) is 12.3. The average molecular weight is 597 g/mol. The first-order valence-electron chi connectivity index (χ1n) is 12.8. The summed E-state index contributed by atoms with van der Waals surface area (Å²) in [7, 11) is 0. The molecule has 230 valence electrons. The number of hydrogen-bond donors (Lipinski definition) is 11. The second-order valence-electron chi connectivity index (χ2n) is 10.3. The number of Topliss-reactive ketones (excluding diaryl/α,β-unsaturated/α-hetero) is 1. The van der Waals surface area contributed by atoms with E-state index in [0.717, 1.165) is 6.08 Å². The van der Waals surface area contributed by atoms with Crippen LogP contribution >= 0.6 is 0 Å². The molecule has 0 saturated carbocycles. The second-order valence-corrected chi connectivity index (χ2v) is 10.3. The van der Waals surface area contributed by atoms with E-state index < -0.39 is 108 Å². The molecule has 1 aromatic carbocycles. The third-order valence-corrected chi connectivity index (χ3v) is 7.57. The summed E-state index contributed by atoms with van der Waals surface area (Å²) >= 11 is 0. The Hall–Kier alpha value is -3.06. The third kappa shape index (κ3) is 5.52. The maximum atomic E-state index is 13.7. The Morgan fingerprint density at radius 3 is 1.93 bits per heavy atom. The summed E-state index contributed by atoms with van der Waals surface area (Å²) in [4.78, 5) is 27.0. The summed E-state index contributed by atoms with van der Waals surface area (Å²) in [5, 5.41) is 114. The van der Waals surface area contributed by atoms with Gasteiger partial charge in [-0.05, 0) is 29.8 Å². The average Bonchev–Trinajstić information content (AvgIpc) is 2.97. The van der Waals surface area contributed by atoms with E-state index in [0.29, 0.717) is 11.6 Å². The Morgan fingerprint density at radius 1 is 0.810 bits per heavy atom. The van der Waals surface area contributed by atoms with Gasteiger partial charge < -0.3 is 65.6 Å². The number of aromatic hydroxyl groups is 1. The number of phenols is 1. The molecule has 11 unspecified atom stereocenters. The monoisotopic (exact) mass is 596 g/mol. The number of ketones is 2. The maximum absolute atomic E-state index is 13.7. The molecule has 1 aliphatic carbocycles. The molecular formula is C27H32O15. The number of aliphatic hydroxyl groups is 10. The molecule has 4 rings (SSSR count). The molecule has 0 bridgehead atoms. The highest BCUT2D eigenvalue weighted by Crippen LogP contribution is 2.40. The Balaban J connectivity index is 1.84. The van der Waals surface area contributed by atoms with Crippen molar-refractivity contribution in [3.05, 3.63) is 58.9 Å². The van der Waals surface area contributed by atoms with Crippen LogP contribution in [0, 0.1) is 0 Å². The minimum absolute atomic E-state index is 0.0693. The van der Waals surface area contributed by atoms with Crippen LogP contribution in [0.3, 0.4) is 0 Å². The molecule has 1 aromatic rings. The summed E-state index contributed by atoms with van der Waals surface area (Å²) in [5.41, 5.74) is -4.53. The number of ether oxygens (including phenoxy) is 2. The highest BCUT2D eigenvalue weighted by atomic mass is 16.6. The fraction of sp³-hybridized carbons (Fsp3) is 0.481. The van der Waals surface area contributed by atoms with Crippen molar-refractivity contribution in [3.63, 3.8) is 0 Å². The van der Waals surface area contributed by atoms with Crippen LogP contribution in [-0.2, 0) is 19.1 Å². The molecule has 0 aromatic heterocycles. The fourth-order valence-electron chi connectivity index (χ4n) is 5.14. The number of carbonyl (C=O) groups excluding carboxylic acids is 2. The largest absolute Gasteiger partial charge is 0.508 e. The van der Waals surface area contributed by atoms with Crippen LogP contribution < -0.4 is 0 Å². The van der Waals surface area contributed by atoms with Crippen LogP contribution in [0.5, 0.6) is 5.75 Å². The number of rotatable bonds is 7. The molecule has 42 heavy (non-hydrogen) atoms. The van der Waals surface area contributed by atoms with Crippen LogP contribution in [0.15, 0.2) is 53.3 Å². The highest BCUT2D eigenvalue weighted by molar-refractivity contribution is 6.29. The van der Waals surface area contributed by atoms with Crippen LogP contribution in [-0.4, -0.2) is 148 Å². The predicted molar refractivity (Wildman–Crippen MR) is 137 cm³/mol. The first-order valence-corrected chi connectivity index (χ1v) is 12.8. The normalized spacial score (nSPS) is 39.5. The molecule has 2 fully saturated rings. The van der Waals surface area contributed by atoms with Gasteiger partial charge in [-0.1, -0.05) is 18.2 Å². The number of benzene rings is 1. The fourth-order valence-corrected chi connectivity index (χ4v) is 5.14. The van der Waals surface area contributed by atoms with Gasteiger partial charge in [0.2, 0.25) is 5.78 Å². The SMILES string of the molecule is O=C(/C=C/c1ccc(O)cc1)C1=C(O)C(C2OC(CO)C(O)C(O)C2O)=CC(O)(C2OC(CO)C(O)C(O)C2O)C1=O. The van der Waals surface area contributed by atoms with Gasteiger partial charge in [-0.15, -0.1) is 0 Å². The zero-order valence-corrected chi connectivity index (χ0v) is 21.8. The smallest absolute Gasteiger partial charge is 0.208 e. The van der Waals surface area contributed by atoms with Crippen molar-refractivity contribution >= 4 is 17.6 Å². The van der Waals surface area contributed by atoms with Crippen LogP contribution in [0.4, 0.5) is 0 Å². The van der Waals surface area contributed by atoms with Crippen LogP contribution in [0.25, 0.3) is 6.08 Å². The Bertz CT molecular complexity index is 1270. The number of phenolic OH excluding ortho intramolecular Hbond substituents is 1. The topological polar surface area (TPSA) is 275 Å². The first kappa shape index (κ1) is 31.9. The number of hydrogen-bond acceptors (Lipinski definition) is 15. The van der Waals surface area contributed by atoms with Gasteiger partial charge in [0.1, 0.15) is 78.1 Å². The molecule has 11 N–H and O–H groups in total. The van der Waals surface area contributed by atoms with Crippen molar-refractivity contribution in [2.75, 3.05) is 13.2 Å². The van der Waals surface area contributed by atoms with Gasteiger partial charge in [0, 0.05) is 5.57 Å². The summed E-state index contributed by atoms with van der Waals surface area (Å²) in [6.07, 6.45) is -16.5. The number of carbonyl (C=O) groups is 2. The summed E-state index contributed by atoms with van der Waals surface area (Å²) in [6.45, 7) is -1.81. The van der Waals surface area contributed by atoms with Crippen LogP contribution in [0.1, 0.15) is 5.56 Å². The van der Waals surface area contributed by atoms with Crippen LogP contribution in [0.2, 0.25) is 0 Å². The lowest BCUT2D eigenvalue weighted by molar-refractivity contribution is -0.258. The molecule has 3 aliphatic rings. The van der Waals surface area contributed by atoms with Gasteiger partial charge >= 0.3 is 0 Å². The van der Waals surface area contributed by atoms with Crippen molar-refractivity contribution in [2.45, 2.75) is 66.6 Å². The maximum Gasteiger partial charge on any atom is 0.208 e. The zero-order chi connectivity index (χ0) is 31.1. The zero-order valence-electron chi connectivity index (χ0n) is 21.8. The molecule has 0 amide bonds. The summed E-state index contributed by atoms with van der Waals surface area (Å²) in [6, 6.07) is 5.45. The molecule has 2 saturated heterocycles. The molecule has 15 nitrogen and oxygen atoms in total. The van der Waals surface area contributed by atoms with Gasteiger partial charge in [0.05, 0.1) is 13.2 Å². The predicted octanol–water partition coefficient (Wildman–Crippen LogP) is -4.29. The summed E-state index contributed by atoms with van der Waals surface area (Å²) in [5.74, 6) is -3.94. The van der Waals surface area contributed by atoms with Gasteiger partial charge in [0.25, 0.3) is 0 Å². The Kier molecular flexibility index (Phi) is 9.31. The minimum Gasteiger partial charge on any atom is -0.508 e. The molecule has 2 heterocycles. The Morgan fingerprint density at radius 2 is 1.36 bits per heavy atom. The standard InChI is InChI=1S/C27H32O15/c28-8-14-18(33)20(35)22(37)24(41-14)12-7-27(40,26-23(38)21(36)19(34)15(9-29)42-26)25(39)16(17(12)32)13(31)6-3-10-1-4-11(30)5-2-10/h1-7,14-15,18-24,26,28-30,32-38,40H,8-9H2/b6-3+. The van der Waals surface area contributed by atoms with Gasteiger partial charge in [-0.25, -0.2) is 0 Å². The van der Waals surface area contributed by atoms with Gasteiger partial charge in [-0.3, -0.25) is 9.59 Å². The van der Waals surface area contributed by atoms with Crippen molar-refractivity contribution in [1.29, 1.82) is 0 Å². The number of allylic oxidation sites excluding steroid dienone is 1. The van der Waals surface area contributed by atoms with Crippen molar-refractivity contribution in [3.8, 4) is 5.75 Å².